The molecule has 1 atom stereocenters. The van der Waals surface area contributed by atoms with Crippen molar-refractivity contribution in [1.82, 2.24) is 20.2 Å². The Morgan fingerprint density at radius 2 is 1.90 bits per heavy atom. The van der Waals surface area contributed by atoms with Crippen molar-refractivity contribution in [2.75, 3.05) is 31.6 Å². The maximum Gasteiger partial charge on any atom is 0.317 e. The number of benzene rings is 1. The van der Waals surface area contributed by atoms with Gasteiger partial charge in [0.05, 0.1) is 7.11 Å². The second-order valence-corrected chi connectivity index (χ2v) is 8.27. The highest BCUT2D eigenvalue weighted by atomic mass is 16.5. The van der Waals surface area contributed by atoms with Gasteiger partial charge in [-0.15, -0.1) is 0 Å². The SMILES string of the molecule is COc1cccc(Oc2cc(N3CCN(C(=O)NC4CCCCC4)C(C)C3)ncn2)c1. The van der Waals surface area contributed by atoms with E-state index in [1.165, 1.54) is 25.6 Å². The molecule has 1 N–H and O–H groups in total. The Morgan fingerprint density at radius 1 is 1.10 bits per heavy atom. The topological polar surface area (TPSA) is 79.8 Å². The molecule has 2 aromatic rings. The lowest BCUT2D eigenvalue weighted by atomic mass is 9.96. The van der Waals surface area contributed by atoms with Crippen LogP contribution in [0.3, 0.4) is 0 Å². The van der Waals surface area contributed by atoms with Gasteiger partial charge in [-0.05, 0) is 31.9 Å². The lowest BCUT2D eigenvalue weighted by Crippen LogP contribution is -2.58. The van der Waals surface area contributed by atoms with Crippen LogP contribution in [0.4, 0.5) is 10.6 Å². The fourth-order valence-electron chi connectivity index (χ4n) is 4.32. The molecule has 4 rings (SSSR count). The second-order valence-electron chi connectivity index (χ2n) is 8.27. The summed E-state index contributed by atoms with van der Waals surface area (Å²) in [6.07, 6.45) is 7.40. The van der Waals surface area contributed by atoms with Gasteiger partial charge in [0, 0.05) is 43.9 Å². The van der Waals surface area contributed by atoms with Crippen molar-refractivity contribution in [2.24, 2.45) is 0 Å². The Hall–Kier alpha value is -3.03. The number of urea groups is 1. The van der Waals surface area contributed by atoms with Crippen LogP contribution in [0.5, 0.6) is 17.4 Å². The van der Waals surface area contributed by atoms with Gasteiger partial charge >= 0.3 is 6.03 Å². The molecule has 166 valence electrons. The summed E-state index contributed by atoms with van der Waals surface area (Å²) < 4.78 is 11.1. The van der Waals surface area contributed by atoms with E-state index in [0.717, 1.165) is 31.0 Å². The number of amides is 2. The Balaban J connectivity index is 1.36. The molecule has 1 saturated carbocycles. The smallest absolute Gasteiger partial charge is 0.317 e. The van der Waals surface area contributed by atoms with Gasteiger partial charge in [0.25, 0.3) is 0 Å². The lowest BCUT2D eigenvalue weighted by Gasteiger charge is -2.41. The van der Waals surface area contributed by atoms with E-state index in [9.17, 15) is 4.79 Å². The van der Waals surface area contributed by atoms with Gasteiger partial charge in [-0.25, -0.2) is 14.8 Å². The van der Waals surface area contributed by atoms with E-state index in [2.05, 4.69) is 27.1 Å². The summed E-state index contributed by atoms with van der Waals surface area (Å²) in [4.78, 5) is 25.6. The first-order chi connectivity index (χ1) is 15.1. The van der Waals surface area contributed by atoms with Crippen molar-refractivity contribution in [2.45, 2.75) is 51.1 Å². The molecular weight excluding hydrogens is 394 g/mol. The number of nitrogens with zero attached hydrogens (tertiary/aromatic N) is 4. The number of anilines is 1. The number of aromatic nitrogens is 2. The van der Waals surface area contributed by atoms with Crippen LogP contribution in [0.15, 0.2) is 36.7 Å². The van der Waals surface area contributed by atoms with E-state index < -0.39 is 0 Å². The first-order valence-corrected chi connectivity index (χ1v) is 11.1. The van der Waals surface area contributed by atoms with Crippen LogP contribution >= 0.6 is 0 Å². The molecule has 31 heavy (non-hydrogen) atoms. The maximum absolute atomic E-state index is 12.8. The van der Waals surface area contributed by atoms with Gasteiger partial charge in [-0.3, -0.25) is 0 Å². The van der Waals surface area contributed by atoms with E-state index >= 15 is 0 Å². The van der Waals surface area contributed by atoms with Crippen LogP contribution in [0.2, 0.25) is 0 Å². The molecule has 1 aromatic carbocycles. The number of rotatable bonds is 5. The zero-order valence-electron chi connectivity index (χ0n) is 18.3. The van der Waals surface area contributed by atoms with Gasteiger partial charge in [0.1, 0.15) is 23.6 Å². The van der Waals surface area contributed by atoms with E-state index in [-0.39, 0.29) is 12.1 Å². The van der Waals surface area contributed by atoms with Crippen LogP contribution in [0.1, 0.15) is 39.0 Å². The number of hydrogen-bond acceptors (Lipinski definition) is 6. The number of methoxy groups -OCH3 is 1. The lowest BCUT2D eigenvalue weighted by molar-refractivity contribution is 0.165. The van der Waals surface area contributed by atoms with E-state index in [0.29, 0.717) is 30.8 Å². The molecule has 2 fully saturated rings. The summed E-state index contributed by atoms with van der Waals surface area (Å²) >= 11 is 0. The predicted octanol–water partition coefficient (Wildman–Crippen LogP) is 3.83. The third-order valence-electron chi connectivity index (χ3n) is 6.04. The van der Waals surface area contributed by atoms with Gasteiger partial charge in [-0.1, -0.05) is 25.3 Å². The summed E-state index contributed by atoms with van der Waals surface area (Å²) in [7, 11) is 1.62. The number of carbonyl (C=O) groups is 1. The molecule has 8 heteroatoms. The summed E-state index contributed by atoms with van der Waals surface area (Å²) in [5, 5.41) is 3.23. The van der Waals surface area contributed by atoms with Crippen molar-refractivity contribution in [1.29, 1.82) is 0 Å². The van der Waals surface area contributed by atoms with Crippen LogP contribution in [0.25, 0.3) is 0 Å². The summed E-state index contributed by atoms with van der Waals surface area (Å²) in [6.45, 7) is 4.18. The minimum Gasteiger partial charge on any atom is -0.497 e. The van der Waals surface area contributed by atoms with Crippen molar-refractivity contribution in [3.63, 3.8) is 0 Å². The molecule has 8 nitrogen and oxygen atoms in total. The minimum absolute atomic E-state index is 0.0591. The highest BCUT2D eigenvalue weighted by Gasteiger charge is 2.29. The van der Waals surface area contributed by atoms with E-state index in [1.807, 2.05) is 35.2 Å². The van der Waals surface area contributed by atoms with Crippen LogP contribution < -0.4 is 19.7 Å². The second kappa shape index (κ2) is 9.85. The molecule has 1 saturated heterocycles. The fourth-order valence-corrected chi connectivity index (χ4v) is 4.32. The normalized spacial score (nSPS) is 19.7. The van der Waals surface area contributed by atoms with Gasteiger partial charge < -0.3 is 24.6 Å². The maximum atomic E-state index is 12.8. The third kappa shape index (κ3) is 5.37. The van der Waals surface area contributed by atoms with Crippen molar-refractivity contribution in [3.05, 3.63) is 36.7 Å². The van der Waals surface area contributed by atoms with Crippen LogP contribution in [0, 0.1) is 0 Å². The number of piperazine rings is 1. The third-order valence-corrected chi connectivity index (χ3v) is 6.04. The number of carbonyl (C=O) groups excluding carboxylic acids is 1. The molecule has 2 amide bonds. The zero-order chi connectivity index (χ0) is 21.6. The van der Waals surface area contributed by atoms with Gasteiger partial charge in [-0.2, -0.15) is 0 Å². The van der Waals surface area contributed by atoms with E-state index in [1.54, 1.807) is 7.11 Å². The molecule has 1 aliphatic heterocycles. The molecule has 1 aliphatic carbocycles. The molecule has 1 unspecified atom stereocenters. The Kier molecular flexibility index (Phi) is 6.74. The Morgan fingerprint density at radius 3 is 2.68 bits per heavy atom. The molecule has 2 heterocycles. The molecular formula is C23H31N5O3. The fraction of sp³-hybridized carbons (Fsp3) is 0.522. The number of ether oxygens (including phenoxy) is 2. The van der Waals surface area contributed by atoms with Gasteiger partial charge in [0.15, 0.2) is 0 Å². The number of hydrogen-bond donors (Lipinski definition) is 1. The molecule has 0 spiro atoms. The van der Waals surface area contributed by atoms with Crippen molar-refractivity contribution < 1.29 is 14.3 Å². The monoisotopic (exact) mass is 425 g/mol. The minimum atomic E-state index is 0.0591. The quantitative estimate of drug-likeness (QED) is 0.784. The van der Waals surface area contributed by atoms with Crippen LogP contribution in [-0.2, 0) is 0 Å². The summed E-state index contributed by atoms with van der Waals surface area (Å²) in [5.41, 5.74) is 0. The first-order valence-electron chi connectivity index (χ1n) is 11.1. The number of nitrogens with one attached hydrogen (secondary N) is 1. The van der Waals surface area contributed by atoms with Crippen molar-refractivity contribution >= 4 is 11.8 Å². The Bertz CT molecular complexity index is 887. The molecule has 0 bridgehead atoms. The molecule has 0 radical (unpaired) electrons. The predicted molar refractivity (Wildman–Crippen MR) is 119 cm³/mol. The summed E-state index contributed by atoms with van der Waals surface area (Å²) in [5.74, 6) is 2.65. The standard InChI is InChI=1S/C23H31N5O3/c1-17-15-27(11-12-28(17)23(29)26-18-7-4-3-5-8-18)21-14-22(25-16-24-21)31-20-10-6-9-19(13-20)30-2/h6,9-10,13-14,16-18H,3-5,7-8,11-12,15H2,1-2H3,(H,26,29). The highest BCUT2D eigenvalue weighted by Crippen LogP contribution is 2.26. The van der Waals surface area contributed by atoms with Crippen molar-refractivity contribution in [3.8, 4) is 17.4 Å². The van der Waals surface area contributed by atoms with Gasteiger partial charge in [0.2, 0.25) is 5.88 Å². The summed E-state index contributed by atoms with van der Waals surface area (Å²) in [6, 6.07) is 9.72. The molecule has 1 aromatic heterocycles. The highest BCUT2D eigenvalue weighted by molar-refractivity contribution is 5.75. The Labute approximate surface area is 183 Å². The average molecular weight is 426 g/mol. The average Bonchev–Trinajstić information content (AvgIpc) is 2.80. The first kappa shape index (κ1) is 21.2. The zero-order valence-corrected chi connectivity index (χ0v) is 18.3. The van der Waals surface area contributed by atoms with Crippen LogP contribution in [-0.4, -0.2) is 59.7 Å². The van der Waals surface area contributed by atoms with E-state index in [4.69, 9.17) is 9.47 Å². The molecule has 2 aliphatic rings. The largest absolute Gasteiger partial charge is 0.497 e.